The Morgan fingerprint density at radius 3 is 2.94 bits per heavy atom. The first kappa shape index (κ1) is 13.4. The molecule has 1 atom stereocenters. The smallest absolute Gasteiger partial charge is 0.320 e. The summed E-state index contributed by atoms with van der Waals surface area (Å²) in [7, 11) is 1.62. The highest BCUT2D eigenvalue weighted by atomic mass is 16.5. The van der Waals surface area contributed by atoms with Crippen molar-refractivity contribution < 1.29 is 9.53 Å². The molecular weight excluding hydrogens is 218 g/mol. The van der Waals surface area contributed by atoms with E-state index in [2.05, 4.69) is 15.6 Å². The second-order valence-electron chi connectivity index (χ2n) is 3.88. The monoisotopic (exact) mass is 237 g/mol. The summed E-state index contributed by atoms with van der Waals surface area (Å²) < 4.78 is 5.01. The molecule has 5 heteroatoms. The molecule has 1 heterocycles. The molecule has 0 bridgehead atoms. The number of aromatic nitrogens is 1. The molecule has 0 fully saturated rings. The molecule has 5 nitrogen and oxygen atoms in total. The van der Waals surface area contributed by atoms with Gasteiger partial charge >= 0.3 is 6.03 Å². The van der Waals surface area contributed by atoms with E-state index >= 15 is 0 Å². The van der Waals surface area contributed by atoms with Crippen LogP contribution in [0.1, 0.15) is 18.9 Å². The number of urea groups is 1. The molecule has 0 aromatic carbocycles. The van der Waals surface area contributed by atoms with Gasteiger partial charge in [0.15, 0.2) is 0 Å². The number of rotatable bonds is 5. The van der Waals surface area contributed by atoms with Gasteiger partial charge in [-0.05, 0) is 31.0 Å². The van der Waals surface area contributed by atoms with E-state index in [1.165, 1.54) is 0 Å². The predicted octanol–water partition coefficient (Wildman–Crippen LogP) is 1.94. The molecule has 0 unspecified atom stereocenters. The van der Waals surface area contributed by atoms with E-state index in [1.54, 1.807) is 13.3 Å². The fraction of sp³-hybridized carbons (Fsp3) is 0.500. The summed E-state index contributed by atoms with van der Waals surface area (Å²) in [4.78, 5) is 15.7. The number of nitrogens with one attached hydrogen (secondary N) is 2. The average molecular weight is 237 g/mol. The molecule has 0 aliphatic rings. The van der Waals surface area contributed by atoms with Crippen LogP contribution in [0.25, 0.3) is 0 Å². The molecule has 2 amide bonds. The first-order valence-corrected chi connectivity index (χ1v) is 5.64. The summed E-state index contributed by atoms with van der Waals surface area (Å²) in [6.45, 7) is 4.45. The third kappa shape index (κ3) is 4.82. The van der Waals surface area contributed by atoms with Crippen molar-refractivity contribution in [1.82, 2.24) is 10.3 Å². The average Bonchev–Trinajstić information content (AvgIpc) is 2.28. The third-order valence-corrected chi connectivity index (χ3v) is 2.35. The zero-order valence-electron chi connectivity index (χ0n) is 10.5. The second kappa shape index (κ2) is 6.85. The van der Waals surface area contributed by atoms with Crippen LogP contribution in [0.3, 0.4) is 0 Å². The van der Waals surface area contributed by atoms with Crippen molar-refractivity contribution in [2.24, 2.45) is 0 Å². The molecule has 0 saturated carbocycles. The van der Waals surface area contributed by atoms with Crippen molar-refractivity contribution in [1.29, 1.82) is 0 Å². The number of amides is 2. The van der Waals surface area contributed by atoms with Crippen molar-refractivity contribution in [2.45, 2.75) is 26.3 Å². The lowest BCUT2D eigenvalue weighted by Gasteiger charge is -2.16. The standard InChI is InChI=1S/C12H19N3O2/c1-4-10(8-17-3)14-12(16)15-11-7-9(2)5-6-13-11/h5-7,10H,4,8H2,1-3H3,(H2,13,14,15,16)/t10-/m0/s1. The molecule has 1 aromatic heterocycles. The number of nitrogens with zero attached hydrogens (tertiary/aromatic N) is 1. The fourth-order valence-electron chi connectivity index (χ4n) is 1.41. The maximum absolute atomic E-state index is 11.7. The quantitative estimate of drug-likeness (QED) is 0.822. The van der Waals surface area contributed by atoms with Gasteiger partial charge in [-0.2, -0.15) is 0 Å². The number of hydrogen-bond donors (Lipinski definition) is 2. The zero-order valence-corrected chi connectivity index (χ0v) is 10.5. The summed E-state index contributed by atoms with van der Waals surface area (Å²) in [5, 5.41) is 5.51. The van der Waals surface area contributed by atoms with E-state index in [9.17, 15) is 4.79 Å². The number of pyridine rings is 1. The Bertz CT molecular complexity index is 369. The first-order valence-electron chi connectivity index (χ1n) is 5.64. The zero-order chi connectivity index (χ0) is 12.7. The fourth-order valence-corrected chi connectivity index (χ4v) is 1.41. The van der Waals surface area contributed by atoms with E-state index in [1.807, 2.05) is 26.0 Å². The van der Waals surface area contributed by atoms with E-state index in [0.717, 1.165) is 12.0 Å². The summed E-state index contributed by atoms with van der Waals surface area (Å²) in [5.41, 5.74) is 1.05. The van der Waals surface area contributed by atoms with Crippen LogP contribution in [0.2, 0.25) is 0 Å². The Morgan fingerprint density at radius 1 is 1.59 bits per heavy atom. The van der Waals surface area contributed by atoms with Gasteiger partial charge in [0.2, 0.25) is 0 Å². The lowest BCUT2D eigenvalue weighted by Crippen LogP contribution is -2.40. The molecule has 94 valence electrons. The lowest BCUT2D eigenvalue weighted by molar-refractivity contribution is 0.165. The predicted molar refractivity (Wildman–Crippen MR) is 67.1 cm³/mol. The number of ether oxygens (including phenoxy) is 1. The lowest BCUT2D eigenvalue weighted by atomic mass is 10.2. The molecule has 0 aliphatic heterocycles. The van der Waals surface area contributed by atoms with Gasteiger partial charge in [0.25, 0.3) is 0 Å². The second-order valence-corrected chi connectivity index (χ2v) is 3.88. The van der Waals surface area contributed by atoms with Crippen molar-refractivity contribution in [3.8, 4) is 0 Å². The Hall–Kier alpha value is -1.62. The third-order valence-electron chi connectivity index (χ3n) is 2.35. The molecule has 1 rings (SSSR count). The Kier molecular flexibility index (Phi) is 5.42. The number of aryl methyl sites for hydroxylation is 1. The van der Waals surface area contributed by atoms with Gasteiger partial charge in [-0.25, -0.2) is 9.78 Å². The first-order chi connectivity index (χ1) is 8.15. The van der Waals surface area contributed by atoms with Crippen LogP contribution in [-0.4, -0.2) is 30.8 Å². The molecule has 17 heavy (non-hydrogen) atoms. The molecule has 2 N–H and O–H groups in total. The highest BCUT2D eigenvalue weighted by molar-refractivity contribution is 5.88. The van der Waals surface area contributed by atoms with Crippen molar-refractivity contribution >= 4 is 11.8 Å². The van der Waals surface area contributed by atoms with E-state index in [0.29, 0.717) is 12.4 Å². The van der Waals surface area contributed by atoms with Crippen LogP contribution < -0.4 is 10.6 Å². The van der Waals surface area contributed by atoms with Crippen molar-refractivity contribution in [3.63, 3.8) is 0 Å². The number of anilines is 1. The van der Waals surface area contributed by atoms with Crippen LogP contribution in [0.15, 0.2) is 18.3 Å². The topological polar surface area (TPSA) is 63.2 Å². The van der Waals surface area contributed by atoms with Gasteiger partial charge in [0.1, 0.15) is 5.82 Å². The van der Waals surface area contributed by atoms with Crippen LogP contribution in [0.4, 0.5) is 10.6 Å². The highest BCUT2D eigenvalue weighted by Crippen LogP contribution is 2.05. The summed E-state index contributed by atoms with van der Waals surface area (Å²) in [6.07, 6.45) is 2.49. The maximum Gasteiger partial charge on any atom is 0.320 e. The maximum atomic E-state index is 11.7. The van der Waals surface area contributed by atoms with Crippen LogP contribution in [0, 0.1) is 6.92 Å². The summed E-state index contributed by atoms with van der Waals surface area (Å²) >= 11 is 0. The van der Waals surface area contributed by atoms with Crippen molar-refractivity contribution in [3.05, 3.63) is 23.9 Å². The minimum absolute atomic E-state index is 0.0183. The van der Waals surface area contributed by atoms with Crippen LogP contribution in [-0.2, 0) is 4.74 Å². The minimum Gasteiger partial charge on any atom is -0.383 e. The van der Waals surface area contributed by atoms with E-state index in [4.69, 9.17) is 4.74 Å². The normalized spacial score (nSPS) is 11.9. The largest absolute Gasteiger partial charge is 0.383 e. The minimum atomic E-state index is -0.257. The number of methoxy groups -OCH3 is 1. The van der Waals surface area contributed by atoms with E-state index < -0.39 is 0 Å². The van der Waals surface area contributed by atoms with Gasteiger partial charge in [0.05, 0.1) is 12.6 Å². The summed E-state index contributed by atoms with van der Waals surface area (Å²) in [6, 6.07) is 3.46. The Labute approximate surface area is 102 Å². The van der Waals surface area contributed by atoms with E-state index in [-0.39, 0.29) is 12.1 Å². The number of carbonyl (C=O) groups excluding carboxylic acids is 1. The number of carbonyl (C=O) groups is 1. The molecule has 0 spiro atoms. The van der Waals surface area contributed by atoms with Crippen LogP contribution >= 0.6 is 0 Å². The highest BCUT2D eigenvalue weighted by Gasteiger charge is 2.10. The molecule has 0 radical (unpaired) electrons. The van der Waals surface area contributed by atoms with Crippen molar-refractivity contribution in [2.75, 3.05) is 19.0 Å². The molecular formula is C12H19N3O2. The molecule has 1 aromatic rings. The van der Waals surface area contributed by atoms with Gasteiger partial charge in [-0.15, -0.1) is 0 Å². The Morgan fingerprint density at radius 2 is 2.35 bits per heavy atom. The van der Waals surface area contributed by atoms with Crippen LogP contribution in [0.5, 0.6) is 0 Å². The SMILES string of the molecule is CC[C@@H](COC)NC(=O)Nc1cc(C)ccn1. The van der Waals surface area contributed by atoms with Gasteiger partial charge in [0, 0.05) is 13.3 Å². The Balaban J connectivity index is 2.49. The molecule has 0 aliphatic carbocycles. The van der Waals surface area contributed by atoms with Gasteiger partial charge < -0.3 is 10.1 Å². The summed E-state index contributed by atoms with van der Waals surface area (Å²) in [5.74, 6) is 0.551. The molecule has 0 saturated heterocycles. The number of hydrogen-bond acceptors (Lipinski definition) is 3. The van der Waals surface area contributed by atoms with Gasteiger partial charge in [-0.3, -0.25) is 5.32 Å². The van der Waals surface area contributed by atoms with Gasteiger partial charge in [-0.1, -0.05) is 6.92 Å².